The zero-order valence-corrected chi connectivity index (χ0v) is 19.6. The second-order valence-electron chi connectivity index (χ2n) is 8.79. The van der Waals surface area contributed by atoms with Crippen molar-refractivity contribution in [2.45, 2.75) is 19.4 Å². The van der Waals surface area contributed by atoms with E-state index in [1.165, 1.54) is 4.57 Å². The van der Waals surface area contributed by atoms with E-state index in [0.717, 1.165) is 22.4 Å². The summed E-state index contributed by atoms with van der Waals surface area (Å²) in [6.45, 7) is 2.96. The highest BCUT2D eigenvalue weighted by atomic mass is 16.5. The minimum Gasteiger partial charge on any atom is -0.490 e. The molecule has 0 bridgehead atoms. The van der Waals surface area contributed by atoms with Gasteiger partial charge in [0.25, 0.3) is 5.91 Å². The molecular formula is C28H26N2O5. The fourth-order valence-electron chi connectivity index (χ4n) is 4.59. The fourth-order valence-corrected chi connectivity index (χ4v) is 4.59. The summed E-state index contributed by atoms with van der Waals surface area (Å²) in [4.78, 5) is 26.8. The summed E-state index contributed by atoms with van der Waals surface area (Å²) in [6.07, 6.45) is 1.37. The van der Waals surface area contributed by atoms with E-state index >= 15 is 0 Å². The molecule has 0 aliphatic carbocycles. The van der Waals surface area contributed by atoms with Crippen LogP contribution >= 0.6 is 0 Å². The first-order chi connectivity index (χ1) is 16.9. The van der Waals surface area contributed by atoms with Gasteiger partial charge in [-0.15, -0.1) is 0 Å². The van der Waals surface area contributed by atoms with Crippen LogP contribution in [0.4, 0.5) is 5.69 Å². The molecule has 0 radical (unpaired) electrons. The van der Waals surface area contributed by atoms with Gasteiger partial charge in [-0.25, -0.2) is 0 Å². The van der Waals surface area contributed by atoms with Crippen LogP contribution in [0.1, 0.15) is 21.5 Å². The third-order valence-electron chi connectivity index (χ3n) is 6.27. The van der Waals surface area contributed by atoms with Gasteiger partial charge >= 0.3 is 5.97 Å². The zero-order valence-electron chi connectivity index (χ0n) is 19.6. The molecule has 5 rings (SSSR count). The monoisotopic (exact) mass is 470 g/mol. The summed E-state index contributed by atoms with van der Waals surface area (Å²) in [5.41, 5.74) is 3.66. The number of aryl methyl sites for hydroxylation is 1. The van der Waals surface area contributed by atoms with Crippen LogP contribution in [0, 0.1) is 6.92 Å². The van der Waals surface area contributed by atoms with Crippen LogP contribution in [-0.2, 0) is 11.2 Å². The molecule has 0 amide bonds. The molecule has 4 aromatic rings. The summed E-state index contributed by atoms with van der Waals surface area (Å²) in [5, 5.41) is 10.0. The van der Waals surface area contributed by atoms with Crippen LogP contribution in [0.3, 0.4) is 0 Å². The molecule has 1 aliphatic heterocycles. The van der Waals surface area contributed by atoms with Crippen molar-refractivity contribution >= 4 is 28.5 Å². The number of aromatic nitrogens is 1. The Kier molecular flexibility index (Phi) is 5.91. The van der Waals surface area contributed by atoms with Crippen molar-refractivity contribution in [1.82, 2.24) is 4.57 Å². The number of carbonyl (C=O) groups excluding carboxylic acids is 1. The molecule has 0 saturated heterocycles. The van der Waals surface area contributed by atoms with E-state index in [0.29, 0.717) is 35.5 Å². The molecule has 1 aromatic heterocycles. The molecule has 7 nitrogen and oxygen atoms in total. The maximum atomic E-state index is 13.4. The average Bonchev–Trinajstić information content (AvgIpc) is 3.20. The first kappa shape index (κ1) is 22.5. The van der Waals surface area contributed by atoms with E-state index in [2.05, 4.69) is 4.90 Å². The van der Waals surface area contributed by atoms with E-state index in [-0.39, 0.29) is 18.4 Å². The first-order valence-corrected chi connectivity index (χ1v) is 11.5. The number of anilines is 1. The Labute approximate surface area is 203 Å². The van der Waals surface area contributed by atoms with E-state index in [1.54, 1.807) is 18.3 Å². The Morgan fingerprint density at radius 3 is 2.66 bits per heavy atom. The lowest BCUT2D eigenvalue weighted by molar-refractivity contribution is -0.136. The lowest BCUT2D eigenvalue weighted by Crippen LogP contribution is -2.41. The minimum absolute atomic E-state index is 0.115. The molecule has 1 aliphatic rings. The van der Waals surface area contributed by atoms with Crippen molar-refractivity contribution in [2.75, 3.05) is 25.1 Å². The maximum absolute atomic E-state index is 13.4. The lowest BCUT2D eigenvalue weighted by Gasteiger charge is -2.33. The molecule has 7 heteroatoms. The number of aliphatic carboxylic acids is 1. The molecule has 0 saturated carbocycles. The number of fused-ring (bicyclic) bond motifs is 2. The van der Waals surface area contributed by atoms with Gasteiger partial charge in [-0.05, 0) is 54.4 Å². The predicted molar refractivity (Wildman–Crippen MR) is 134 cm³/mol. The van der Waals surface area contributed by atoms with E-state index in [4.69, 9.17) is 9.47 Å². The SMILES string of the molecule is Cc1cc(OC[C@@H]2CN(C)c3ccccc3O2)ccc1C(=O)n1cc(CC(=O)O)c2ccccc21. The van der Waals surface area contributed by atoms with Gasteiger partial charge in [0.05, 0.1) is 24.2 Å². The Morgan fingerprint density at radius 2 is 1.86 bits per heavy atom. The number of nitrogens with zero attached hydrogens (tertiary/aromatic N) is 2. The molecule has 0 unspecified atom stereocenters. The van der Waals surface area contributed by atoms with Gasteiger partial charge < -0.3 is 19.5 Å². The number of carboxylic acid groups (broad SMARTS) is 1. The van der Waals surface area contributed by atoms with Crippen LogP contribution < -0.4 is 14.4 Å². The molecule has 2 heterocycles. The van der Waals surface area contributed by atoms with E-state index < -0.39 is 5.97 Å². The van der Waals surface area contributed by atoms with Gasteiger partial charge in [0.1, 0.15) is 24.2 Å². The number of hydrogen-bond donors (Lipinski definition) is 1. The normalized spacial score (nSPS) is 14.9. The maximum Gasteiger partial charge on any atom is 0.307 e. The second kappa shape index (κ2) is 9.18. The van der Waals surface area contributed by atoms with Crippen LogP contribution in [0.15, 0.2) is 72.9 Å². The zero-order chi connectivity index (χ0) is 24.5. The Balaban J connectivity index is 1.33. The third-order valence-corrected chi connectivity index (χ3v) is 6.27. The first-order valence-electron chi connectivity index (χ1n) is 11.5. The molecular weight excluding hydrogens is 444 g/mol. The van der Waals surface area contributed by atoms with Gasteiger partial charge in [-0.2, -0.15) is 0 Å². The molecule has 3 aromatic carbocycles. The molecule has 0 fully saturated rings. The Morgan fingerprint density at radius 1 is 1.09 bits per heavy atom. The topological polar surface area (TPSA) is 81.0 Å². The van der Waals surface area contributed by atoms with E-state index in [1.807, 2.05) is 68.6 Å². The summed E-state index contributed by atoms with van der Waals surface area (Å²) in [6, 6.07) is 20.6. The number of carbonyl (C=O) groups is 2. The highest BCUT2D eigenvalue weighted by molar-refractivity contribution is 6.04. The average molecular weight is 471 g/mol. The summed E-state index contributed by atoms with van der Waals surface area (Å²) in [7, 11) is 2.03. The number of carboxylic acids is 1. The molecule has 35 heavy (non-hydrogen) atoms. The fraction of sp³-hybridized carbons (Fsp3) is 0.214. The van der Waals surface area contributed by atoms with Crippen molar-refractivity contribution < 1.29 is 24.2 Å². The number of hydrogen-bond acceptors (Lipinski definition) is 5. The van der Waals surface area contributed by atoms with Crippen molar-refractivity contribution in [3.63, 3.8) is 0 Å². The molecule has 178 valence electrons. The van der Waals surface area contributed by atoms with Gasteiger partial charge in [-0.1, -0.05) is 30.3 Å². The number of ether oxygens (including phenoxy) is 2. The number of para-hydroxylation sites is 3. The van der Waals surface area contributed by atoms with Crippen LogP contribution in [0.5, 0.6) is 11.5 Å². The second-order valence-corrected chi connectivity index (χ2v) is 8.79. The van der Waals surface area contributed by atoms with Gasteiger partial charge in [0.15, 0.2) is 0 Å². The lowest BCUT2D eigenvalue weighted by atomic mass is 10.1. The van der Waals surface area contributed by atoms with Gasteiger partial charge in [0.2, 0.25) is 0 Å². The van der Waals surface area contributed by atoms with Crippen molar-refractivity contribution in [1.29, 1.82) is 0 Å². The Hall–Kier alpha value is -4.26. The highest BCUT2D eigenvalue weighted by Gasteiger charge is 2.24. The standard InChI is InChI=1S/C28H26N2O5/c1-18-13-20(34-17-21-16-29(2)25-9-5-6-10-26(25)35-21)11-12-22(18)28(33)30-15-19(14-27(31)32)23-7-3-4-8-24(23)30/h3-13,15,21H,14,16-17H2,1-2H3,(H,31,32)/t21-/m0/s1. The number of benzene rings is 3. The van der Waals surface area contributed by atoms with E-state index in [9.17, 15) is 14.7 Å². The smallest absolute Gasteiger partial charge is 0.307 e. The summed E-state index contributed by atoms with van der Waals surface area (Å²) < 4.78 is 13.6. The van der Waals surface area contributed by atoms with Crippen molar-refractivity contribution in [3.05, 3.63) is 89.6 Å². The number of rotatable bonds is 6. The van der Waals surface area contributed by atoms with Crippen LogP contribution in [-0.4, -0.2) is 47.9 Å². The quantitative estimate of drug-likeness (QED) is 0.446. The third kappa shape index (κ3) is 4.45. The van der Waals surface area contributed by atoms with Gasteiger partial charge in [0, 0.05) is 24.2 Å². The van der Waals surface area contributed by atoms with Crippen LogP contribution in [0.2, 0.25) is 0 Å². The molecule has 1 atom stereocenters. The minimum atomic E-state index is -0.935. The van der Waals surface area contributed by atoms with Crippen LogP contribution in [0.25, 0.3) is 10.9 Å². The van der Waals surface area contributed by atoms with Crippen molar-refractivity contribution in [2.24, 2.45) is 0 Å². The highest BCUT2D eigenvalue weighted by Crippen LogP contribution is 2.32. The molecule has 1 N–H and O–H groups in total. The summed E-state index contributed by atoms with van der Waals surface area (Å²) >= 11 is 0. The number of likely N-dealkylation sites (N-methyl/N-ethyl adjacent to an activating group) is 1. The summed E-state index contributed by atoms with van der Waals surface area (Å²) in [5.74, 6) is 0.353. The predicted octanol–water partition coefficient (Wildman–Crippen LogP) is 4.54. The van der Waals surface area contributed by atoms with Crippen molar-refractivity contribution in [3.8, 4) is 11.5 Å². The Bertz CT molecular complexity index is 1420. The molecule has 0 spiro atoms. The largest absolute Gasteiger partial charge is 0.490 e. The van der Waals surface area contributed by atoms with Gasteiger partial charge in [-0.3, -0.25) is 14.2 Å².